The van der Waals surface area contributed by atoms with Crippen LogP contribution in [-0.4, -0.2) is 53.7 Å². The normalized spacial score (nSPS) is 28.1. The number of likely N-dealkylation sites (tertiary alicyclic amines) is 1. The largest absolute Gasteiger partial charge is 0.481 e. The summed E-state index contributed by atoms with van der Waals surface area (Å²) in [5.41, 5.74) is 0.855. The van der Waals surface area contributed by atoms with Crippen LogP contribution in [0.25, 0.3) is 0 Å². The molecule has 1 amide bonds. The van der Waals surface area contributed by atoms with Gasteiger partial charge in [-0.3, -0.25) is 9.59 Å². The number of carboxylic acids is 1. The Morgan fingerprint density at radius 1 is 1.20 bits per heavy atom. The smallest absolute Gasteiger partial charge is 0.304 e. The molecule has 2 saturated heterocycles. The fourth-order valence-corrected chi connectivity index (χ4v) is 6.04. The second kappa shape index (κ2) is 10.9. The number of benzene rings is 2. The van der Waals surface area contributed by atoms with Crippen LogP contribution in [-0.2, 0) is 14.3 Å². The van der Waals surface area contributed by atoms with Crippen LogP contribution in [0.1, 0.15) is 56.2 Å². The lowest BCUT2D eigenvalue weighted by Crippen LogP contribution is -2.61. The van der Waals surface area contributed by atoms with E-state index in [1.165, 1.54) is 0 Å². The van der Waals surface area contributed by atoms with E-state index >= 15 is 0 Å². The molecule has 2 heterocycles. The number of carbonyl (C=O) groups excluding carboxylic acids is 1. The van der Waals surface area contributed by atoms with E-state index in [0.717, 1.165) is 17.7 Å². The number of amides is 1. The molecule has 8 heteroatoms. The summed E-state index contributed by atoms with van der Waals surface area (Å²) < 4.78 is 6.13. The van der Waals surface area contributed by atoms with Gasteiger partial charge in [0.05, 0.1) is 36.6 Å². The van der Waals surface area contributed by atoms with Gasteiger partial charge in [0, 0.05) is 29.1 Å². The van der Waals surface area contributed by atoms with Crippen molar-refractivity contribution < 1.29 is 19.4 Å². The minimum atomic E-state index is -1.07. The van der Waals surface area contributed by atoms with Gasteiger partial charge in [0.1, 0.15) is 0 Å². The summed E-state index contributed by atoms with van der Waals surface area (Å²) in [7, 11) is 0. The highest BCUT2D eigenvalue weighted by atomic mass is 35.5. The Kier molecular flexibility index (Phi) is 8.06. The Labute approximate surface area is 216 Å². The zero-order chi connectivity index (χ0) is 25.2. The molecular weight excluding hydrogens is 487 g/mol. The summed E-state index contributed by atoms with van der Waals surface area (Å²) >= 11 is 12.6. The number of aliphatic carboxylic acids is 1. The Bertz CT molecular complexity index is 1060. The molecule has 0 aromatic heterocycles. The van der Waals surface area contributed by atoms with E-state index in [1.54, 1.807) is 6.92 Å². The molecule has 2 fully saturated rings. The van der Waals surface area contributed by atoms with Gasteiger partial charge in [-0.1, -0.05) is 61.3 Å². The Hall–Kier alpha value is -2.12. The second-order valence-electron chi connectivity index (χ2n) is 9.79. The van der Waals surface area contributed by atoms with Crippen LogP contribution in [0.3, 0.4) is 0 Å². The quantitative estimate of drug-likeness (QED) is 0.519. The maximum Gasteiger partial charge on any atom is 0.304 e. The standard InChI is InChI=1S/C27H32Cl2N2O4/c1-3-22(23-16-30-11-12-35-23)31-25(17-7-9-19(28)10-8-17)21(18-5-4-6-20(29)13-18)14-27(2,26(31)34)15-24(32)33/h4-10,13,21-23,25,30H,3,11-12,14-16H2,1-2H3,(H,32,33)/t21-,22+,23-,25-,27+/m1/s1. The first-order valence-corrected chi connectivity index (χ1v) is 12.9. The number of hydrogen-bond donors (Lipinski definition) is 2. The van der Waals surface area contributed by atoms with Gasteiger partial charge in [0.15, 0.2) is 0 Å². The van der Waals surface area contributed by atoms with Crippen molar-refractivity contribution in [3.8, 4) is 0 Å². The van der Waals surface area contributed by atoms with Gasteiger partial charge in [-0.15, -0.1) is 0 Å². The highest BCUT2D eigenvalue weighted by Gasteiger charge is 2.53. The number of ether oxygens (including phenoxy) is 1. The number of rotatable bonds is 7. The molecule has 0 unspecified atom stereocenters. The molecule has 0 aliphatic carbocycles. The lowest BCUT2D eigenvalue weighted by atomic mass is 9.66. The van der Waals surface area contributed by atoms with Crippen LogP contribution in [0.15, 0.2) is 48.5 Å². The topological polar surface area (TPSA) is 78.9 Å². The molecule has 2 aliphatic rings. The van der Waals surface area contributed by atoms with Gasteiger partial charge in [0.25, 0.3) is 0 Å². The minimum absolute atomic E-state index is 0.154. The van der Waals surface area contributed by atoms with Crippen molar-refractivity contribution in [2.24, 2.45) is 5.41 Å². The molecular formula is C27H32Cl2N2O4. The maximum absolute atomic E-state index is 14.3. The summed E-state index contributed by atoms with van der Waals surface area (Å²) in [5.74, 6) is -1.30. The molecule has 35 heavy (non-hydrogen) atoms. The highest BCUT2D eigenvalue weighted by molar-refractivity contribution is 6.30. The van der Waals surface area contributed by atoms with Gasteiger partial charge >= 0.3 is 5.97 Å². The summed E-state index contributed by atoms with van der Waals surface area (Å²) in [4.78, 5) is 28.1. The fourth-order valence-electron chi connectivity index (χ4n) is 5.72. The molecule has 2 N–H and O–H groups in total. The lowest BCUT2D eigenvalue weighted by Gasteiger charge is -2.53. The molecule has 0 spiro atoms. The highest BCUT2D eigenvalue weighted by Crippen LogP contribution is 2.52. The van der Waals surface area contributed by atoms with Crippen LogP contribution in [0.5, 0.6) is 0 Å². The van der Waals surface area contributed by atoms with Crippen LogP contribution in [0.2, 0.25) is 10.0 Å². The predicted molar refractivity (Wildman–Crippen MR) is 137 cm³/mol. The molecule has 2 aliphatic heterocycles. The zero-order valence-electron chi connectivity index (χ0n) is 20.0. The Morgan fingerprint density at radius 3 is 2.54 bits per heavy atom. The molecule has 0 radical (unpaired) electrons. The number of morpholine rings is 1. The molecule has 188 valence electrons. The predicted octanol–water partition coefficient (Wildman–Crippen LogP) is 5.30. The van der Waals surface area contributed by atoms with Gasteiger partial charge < -0.3 is 20.1 Å². The number of hydrogen-bond acceptors (Lipinski definition) is 4. The van der Waals surface area contributed by atoms with Crippen molar-refractivity contribution in [3.05, 3.63) is 69.7 Å². The monoisotopic (exact) mass is 518 g/mol. The molecule has 2 aromatic rings. The number of nitrogens with one attached hydrogen (secondary N) is 1. The molecule has 0 saturated carbocycles. The van der Waals surface area contributed by atoms with Gasteiger partial charge in [-0.05, 0) is 48.2 Å². The van der Waals surface area contributed by atoms with Crippen molar-refractivity contribution in [3.63, 3.8) is 0 Å². The molecule has 0 bridgehead atoms. The number of carboxylic acid groups (broad SMARTS) is 1. The molecule has 4 rings (SSSR count). The van der Waals surface area contributed by atoms with Gasteiger partial charge in [0.2, 0.25) is 5.91 Å². The maximum atomic E-state index is 14.3. The first kappa shape index (κ1) is 26.0. The first-order chi connectivity index (χ1) is 16.7. The van der Waals surface area contributed by atoms with Crippen LogP contribution in [0, 0.1) is 5.41 Å². The Morgan fingerprint density at radius 2 is 1.94 bits per heavy atom. The van der Waals surface area contributed by atoms with Crippen molar-refractivity contribution in [2.45, 2.75) is 57.2 Å². The van der Waals surface area contributed by atoms with Crippen LogP contribution < -0.4 is 5.32 Å². The van der Waals surface area contributed by atoms with E-state index in [0.29, 0.717) is 36.0 Å². The summed E-state index contributed by atoms with van der Waals surface area (Å²) in [5, 5.41) is 14.3. The number of halogens is 2. The van der Waals surface area contributed by atoms with Crippen molar-refractivity contribution >= 4 is 35.1 Å². The molecule has 5 atom stereocenters. The summed E-state index contributed by atoms with van der Waals surface area (Å²) in [6.07, 6.45) is 0.628. The molecule has 2 aromatic carbocycles. The molecule has 6 nitrogen and oxygen atoms in total. The number of nitrogens with zero attached hydrogens (tertiary/aromatic N) is 1. The third-order valence-electron chi connectivity index (χ3n) is 7.29. The minimum Gasteiger partial charge on any atom is -0.481 e. The second-order valence-corrected chi connectivity index (χ2v) is 10.7. The SMILES string of the molecule is CC[C@@H]([C@H]1CNCCO1)N1C(=O)[C@](C)(CC(=O)O)C[C@H](c2cccc(Cl)c2)[C@H]1c1ccc(Cl)cc1. The van der Waals surface area contributed by atoms with Gasteiger partial charge in [-0.2, -0.15) is 0 Å². The van der Waals surface area contributed by atoms with Crippen LogP contribution in [0.4, 0.5) is 0 Å². The average molecular weight is 519 g/mol. The van der Waals surface area contributed by atoms with E-state index in [-0.39, 0.29) is 36.4 Å². The first-order valence-electron chi connectivity index (χ1n) is 12.1. The van der Waals surface area contributed by atoms with Crippen molar-refractivity contribution in [2.75, 3.05) is 19.7 Å². The average Bonchev–Trinajstić information content (AvgIpc) is 2.83. The summed E-state index contributed by atoms with van der Waals surface area (Å²) in [6.45, 7) is 5.79. The third kappa shape index (κ3) is 5.51. The lowest BCUT2D eigenvalue weighted by molar-refractivity contribution is -0.165. The number of piperidine rings is 1. The van der Waals surface area contributed by atoms with E-state index in [1.807, 2.05) is 60.4 Å². The zero-order valence-corrected chi connectivity index (χ0v) is 21.6. The fraction of sp³-hybridized carbons (Fsp3) is 0.481. The van der Waals surface area contributed by atoms with E-state index < -0.39 is 11.4 Å². The van der Waals surface area contributed by atoms with Crippen molar-refractivity contribution in [1.82, 2.24) is 10.2 Å². The van der Waals surface area contributed by atoms with Gasteiger partial charge in [-0.25, -0.2) is 0 Å². The number of carbonyl (C=O) groups is 2. The van der Waals surface area contributed by atoms with Crippen molar-refractivity contribution in [1.29, 1.82) is 0 Å². The Balaban J connectivity index is 1.89. The van der Waals surface area contributed by atoms with E-state index in [9.17, 15) is 14.7 Å². The van der Waals surface area contributed by atoms with Crippen LogP contribution >= 0.6 is 23.2 Å². The van der Waals surface area contributed by atoms with E-state index in [4.69, 9.17) is 27.9 Å². The van der Waals surface area contributed by atoms with E-state index in [2.05, 4.69) is 5.32 Å². The summed E-state index contributed by atoms with van der Waals surface area (Å²) in [6, 6.07) is 14.7. The third-order valence-corrected chi connectivity index (χ3v) is 7.78.